The van der Waals surface area contributed by atoms with Crippen LogP contribution in [-0.4, -0.2) is 55.0 Å². The van der Waals surface area contributed by atoms with Crippen LogP contribution < -0.4 is 5.69 Å². The van der Waals surface area contributed by atoms with E-state index in [4.69, 9.17) is 9.72 Å². The highest BCUT2D eigenvalue weighted by molar-refractivity contribution is 5.72. The fraction of sp³-hybridized carbons (Fsp3) is 0.682. The number of pyridine rings is 1. The number of carbonyl (C=O) groups is 1. The lowest BCUT2D eigenvalue weighted by Gasteiger charge is -2.36. The maximum absolute atomic E-state index is 12.7. The molecule has 166 valence electrons. The van der Waals surface area contributed by atoms with Gasteiger partial charge in [0.15, 0.2) is 5.65 Å². The van der Waals surface area contributed by atoms with Gasteiger partial charge in [0.2, 0.25) is 0 Å². The third kappa shape index (κ3) is 4.69. The van der Waals surface area contributed by atoms with E-state index in [1.54, 1.807) is 21.1 Å². The Hall–Kier alpha value is -2.35. The maximum atomic E-state index is 12.7. The summed E-state index contributed by atoms with van der Waals surface area (Å²) in [7, 11) is 1.72. The molecule has 3 heterocycles. The molecule has 1 saturated heterocycles. The molecule has 2 atom stereocenters. The smallest absolute Gasteiger partial charge is 0.410 e. The third-order valence-electron chi connectivity index (χ3n) is 5.25. The van der Waals surface area contributed by atoms with Crippen molar-refractivity contribution in [2.24, 2.45) is 12.5 Å². The van der Waals surface area contributed by atoms with E-state index in [0.29, 0.717) is 25.2 Å². The number of amides is 1. The lowest BCUT2D eigenvalue weighted by atomic mass is 9.90. The summed E-state index contributed by atoms with van der Waals surface area (Å²) in [5.74, 6) is -0.200. The number of fused-ring (bicyclic) bond motifs is 1. The predicted molar refractivity (Wildman–Crippen MR) is 116 cm³/mol. The van der Waals surface area contributed by atoms with Crippen molar-refractivity contribution >= 4 is 17.3 Å². The van der Waals surface area contributed by atoms with Crippen LogP contribution in [0.25, 0.3) is 11.2 Å². The monoisotopic (exact) mass is 418 g/mol. The quantitative estimate of drug-likeness (QED) is 0.810. The van der Waals surface area contributed by atoms with Crippen molar-refractivity contribution in [2.45, 2.75) is 72.1 Å². The molecular weight excluding hydrogens is 384 g/mol. The van der Waals surface area contributed by atoms with Gasteiger partial charge in [-0.15, -0.1) is 0 Å². The molecule has 30 heavy (non-hydrogen) atoms. The second-order valence-corrected chi connectivity index (χ2v) is 10.5. The van der Waals surface area contributed by atoms with Crippen LogP contribution in [0.1, 0.15) is 59.6 Å². The number of rotatable bonds is 2. The van der Waals surface area contributed by atoms with Gasteiger partial charge >= 0.3 is 11.8 Å². The number of carbonyl (C=O) groups excluding carboxylic acids is 1. The number of aromatic nitrogens is 3. The van der Waals surface area contributed by atoms with Gasteiger partial charge in [0.1, 0.15) is 5.60 Å². The van der Waals surface area contributed by atoms with Gasteiger partial charge in [0.25, 0.3) is 0 Å². The number of ether oxygens (including phenoxy) is 1. The lowest BCUT2D eigenvalue weighted by molar-refractivity contribution is -0.00188. The van der Waals surface area contributed by atoms with Gasteiger partial charge in [-0.2, -0.15) is 0 Å². The van der Waals surface area contributed by atoms with Crippen LogP contribution in [0, 0.1) is 5.41 Å². The van der Waals surface area contributed by atoms with Crippen molar-refractivity contribution in [3.8, 4) is 0 Å². The first-order valence-corrected chi connectivity index (χ1v) is 10.5. The summed E-state index contributed by atoms with van der Waals surface area (Å²) in [5.41, 5.74) is 1.44. The molecular formula is C22H34N4O4. The summed E-state index contributed by atoms with van der Waals surface area (Å²) in [5, 5.41) is 10.7. The number of β-amino-alcohol motifs (C(OH)–C–C–N with tert-alkyl or cyclic N) is 1. The van der Waals surface area contributed by atoms with Crippen LogP contribution in [0.2, 0.25) is 0 Å². The predicted octanol–water partition coefficient (Wildman–Crippen LogP) is 2.87. The first-order valence-electron chi connectivity index (χ1n) is 10.5. The number of piperidine rings is 1. The zero-order valence-corrected chi connectivity index (χ0v) is 19.1. The molecule has 3 rings (SSSR count). The fourth-order valence-electron chi connectivity index (χ4n) is 3.89. The van der Waals surface area contributed by atoms with Crippen molar-refractivity contribution in [3.63, 3.8) is 0 Å². The van der Waals surface area contributed by atoms with E-state index in [0.717, 1.165) is 11.2 Å². The Balaban J connectivity index is 1.84. The van der Waals surface area contributed by atoms with Crippen LogP contribution in [-0.2, 0) is 18.3 Å². The zero-order valence-electron chi connectivity index (χ0n) is 19.1. The highest BCUT2D eigenvalue weighted by Gasteiger charge is 2.34. The standard InChI is InChI=1S/C22H34N4O4/c1-21(2,3)13-26-16-9-8-15(23-18(16)24(7)19(26)28)14-10-11-25(12-17(14)27)20(29)30-22(4,5)6/h8-9,14,17,27H,10-13H2,1-7H3. The first kappa shape index (κ1) is 22.3. The lowest BCUT2D eigenvalue weighted by Crippen LogP contribution is -2.47. The van der Waals surface area contributed by atoms with Crippen LogP contribution >= 0.6 is 0 Å². The number of likely N-dealkylation sites (tertiary alicyclic amines) is 1. The minimum Gasteiger partial charge on any atom is -0.444 e. The highest BCUT2D eigenvalue weighted by atomic mass is 16.6. The summed E-state index contributed by atoms with van der Waals surface area (Å²) in [4.78, 5) is 31.3. The molecule has 8 heteroatoms. The van der Waals surface area contributed by atoms with E-state index in [-0.39, 0.29) is 23.6 Å². The Morgan fingerprint density at radius 1 is 1.23 bits per heavy atom. The molecule has 8 nitrogen and oxygen atoms in total. The summed E-state index contributed by atoms with van der Waals surface area (Å²) < 4.78 is 8.73. The van der Waals surface area contributed by atoms with Crippen molar-refractivity contribution in [2.75, 3.05) is 13.1 Å². The molecule has 0 radical (unpaired) electrons. The molecule has 1 fully saturated rings. The Morgan fingerprint density at radius 3 is 2.47 bits per heavy atom. The molecule has 1 aliphatic rings. The molecule has 2 unspecified atom stereocenters. The number of aliphatic hydroxyl groups is 1. The number of imidazole rings is 1. The molecule has 0 saturated carbocycles. The molecule has 1 amide bonds. The molecule has 0 aliphatic carbocycles. The van der Waals surface area contributed by atoms with Gasteiger partial charge in [-0.3, -0.25) is 9.13 Å². The normalized spacial score (nSPS) is 20.6. The van der Waals surface area contributed by atoms with Gasteiger partial charge in [0, 0.05) is 31.7 Å². The summed E-state index contributed by atoms with van der Waals surface area (Å²) >= 11 is 0. The van der Waals surface area contributed by atoms with Crippen LogP contribution in [0.4, 0.5) is 4.79 Å². The maximum Gasteiger partial charge on any atom is 0.410 e. The van der Waals surface area contributed by atoms with E-state index >= 15 is 0 Å². The average molecular weight is 419 g/mol. The Kier molecular flexibility index (Phi) is 5.75. The summed E-state index contributed by atoms with van der Waals surface area (Å²) in [6, 6.07) is 3.80. The van der Waals surface area contributed by atoms with Gasteiger partial charge in [-0.1, -0.05) is 20.8 Å². The molecule has 2 aromatic heterocycles. The largest absolute Gasteiger partial charge is 0.444 e. The summed E-state index contributed by atoms with van der Waals surface area (Å²) in [6.07, 6.45) is -0.579. The van der Waals surface area contributed by atoms with Crippen molar-refractivity contribution in [3.05, 3.63) is 28.3 Å². The van der Waals surface area contributed by atoms with Crippen LogP contribution in [0.15, 0.2) is 16.9 Å². The van der Waals surface area contributed by atoms with Gasteiger partial charge in [-0.25, -0.2) is 14.6 Å². The topological polar surface area (TPSA) is 89.6 Å². The Bertz CT molecular complexity index is 993. The van der Waals surface area contributed by atoms with E-state index in [1.807, 2.05) is 32.9 Å². The second kappa shape index (κ2) is 7.72. The molecule has 0 bridgehead atoms. The minimum atomic E-state index is -0.745. The van der Waals surface area contributed by atoms with E-state index in [1.165, 1.54) is 0 Å². The van der Waals surface area contributed by atoms with Gasteiger partial charge in [-0.05, 0) is 44.7 Å². The fourth-order valence-corrected chi connectivity index (χ4v) is 3.89. The Labute approximate surface area is 177 Å². The van der Waals surface area contributed by atoms with E-state index in [9.17, 15) is 14.7 Å². The SMILES string of the molecule is Cn1c(=O)n(CC(C)(C)C)c2ccc(C3CCN(C(=O)OC(C)(C)C)CC3O)nc21. The minimum absolute atomic E-state index is 0.0402. The first-order chi connectivity index (χ1) is 13.8. The van der Waals surface area contributed by atoms with Crippen LogP contribution in [0.5, 0.6) is 0 Å². The van der Waals surface area contributed by atoms with Crippen molar-refractivity contribution < 1.29 is 14.6 Å². The van der Waals surface area contributed by atoms with Gasteiger partial charge in [0.05, 0.1) is 18.2 Å². The summed E-state index contributed by atoms with van der Waals surface area (Å²) in [6.45, 7) is 13.0. The molecule has 0 spiro atoms. The highest BCUT2D eigenvalue weighted by Crippen LogP contribution is 2.29. The van der Waals surface area contributed by atoms with E-state index < -0.39 is 17.8 Å². The number of hydrogen-bond acceptors (Lipinski definition) is 5. The zero-order chi connectivity index (χ0) is 22.4. The van der Waals surface area contributed by atoms with Crippen molar-refractivity contribution in [1.29, 1.82) is 0 Å². The molecule has 2 aromatic rings. The molecule has 1 N–H and O–H groups in total. The van der Waals surface area contributed by atoms with E-state index in [2.05, 4.69) is 20.8 Å². The van der Waals surface area contributed by atoms with Crippen LogP contribution in [0.3, 0.4) is 0 Å². The number of hydrogen-bond donors (Lipinski definition) is 1. The third-order valence-corrected chi connectivity index (χ3v) is 5.25. The molecule has 0 aromatic carbocycles. The van der Waals surface area contributed by atoms with Gasteiger partial charge < -0.3 is 14.7 Å². The number of aliphatic hydroxyl groups excluding tert-OH is 1. The average Bonchev–Trinajstić information content (AvgIpc) is 2.83. The molecule has 1 aliphatic heterocycles. The number of aryl methyl sites for hydroxylation is 1. The Morgan fingerprint density at radius 2 is 1.90 bits per heavy atom. The number of nitrogens with zero attached hydrogens (tertiary/aromatic N) is 4. The van der Waals surface area contributed by atoms with Crippen molar-refractivity contribution in [1.82, 2.24) is 19.0 Å². The second-order valence-electron chi connectivity index (χ2n) is 10.5.